The fourth-order valence-corrected chi connectivity index (χ4v) is 0. The topological polar surface area (TPSA) is 201 Å². The van der Waals surface area contributed by atoms with Gasteiger partial charge in [-0.05, 0) is 0 Å². The fraction of sp³-hybridized carbons (Fsp3) is 0. The molecule has 0 N–H and O–H groups in total. The van der Waals surface area contributed by atoms with Gasteiger partial charge in [-0.3, -0.25) is 0 Å². The molecule has 1 radical (unpaired) electrons. The second kappa shape index (κ2) is 111. The molecule has 0 unspecified atom stereocenters. The van der Waals surface area contributed by atoms with Crippen molar-refractivity contribution in [1.82, 2.24) is 0 Å². The van der Waals surface area contributed by atoms with Gasteiger partial charge in [-0.25, -0.2) is 0 Å². The molecule has 18 heavy (non-hydrogen) atoms. The van der Waals surface area contributed by atoms with Gasteiger partial charge in [-0.1, -0.05) is 0 Å². The van der Waals surface area contributed by atoms with E-state index >= 15 is 0 Å². The summed E-state index contributed by atoms with van der Waals surface area (Å²) in [6, 6.07) is 0. The summed E-state index contributed by atoms with van der Waals surface area (Å²) in [5.41, 5.74) is 0. The van der Waals surface area contributed by atoms with Crippen LogP contribution in [-0.4, -0.2) is 77.4 Å². The Morgan fingerprint density at radius 3 is 0.444 bits per heavy atom. The molecule has 0 saturated heterocycles. The Balaban J connectivity index is -0.0000000111. The number of hydrogen-bond acceptors (Lipinski definition) is 10. The molecule has 0 rings (SSSR count). The van der Waals surface area contributed by atoms with E-state index in [0.717, 1.165) is 0 Å². The predicted octanol–water partition coefficient (Wildman–Crippen LogP) is -14.4. The van der Waals surface area contributed by atoms with Gasteiger partial charge >= 0.3 is 194 Å². The first kappa shape index (κ1) is 49.6. The minimum atomic E-state index is -1.75. The Morgan fingerprint density at radius 1 is 0.444 bits per heavy atom. The average Bonchev–Trinajstić information content (AvgIpc) is 2.09. The summed E-state index contributed by atoms with van der Waals surface area (Å²) in [4.78, 5) is 0. The van der Waals surface area contributed by atoms with Crippen LogP contribution >= 0.6 is 0 Å². The molecule has 0 saturated carbocycles. The van der Waals surface area contributed by atoms with Crippen molar-refractivity contribution in [3.63, 3.8) is 0 Å². The standard InChI is InChI=1S/5Al.Cr.2Na.10O/q;;;;;+3;2*+1;;;;;;5*-1. The van der Waals surface area contributed by atoms with E-state index in [9.17, 15) is 0 Å². The summed E-state index contributed by atoms with van der Waals surface area (Å²) in [7, 11) is 0. The van der Waals surface area contributed by atoms with E-state index in [1.165, 1.54) is 0 Å². The molecule has 0 aromatic heterocycles. The molecule has 0 aromatic carbocycles. The number of rotatable bonds is 0. The van der Waals surface area contributed by atoms with E-state index in [4.69, 9.17) is 39.8 Å². The summed E-state index contributed by atoms with van der Waals surface area (Å²) in [6.07, 6.45) is 0. The van der Waals surface area contributed by atoms with E-state index in [-0.39, 0.29) is 76.5 Å². The average molecular weight is 393 g/mol. The van der Waals surface area contributed by atoms with Crippen molar-refractivity contribution in [2.24, 2.45) is 0 Å². The molecular weight excluding hydrogens is 393 g/mol. The molecule has 0 fully saturated rings. The van der Waals surface area contributed by atoms with E-state index < -0.39 is 77.4 Å². The summed E-state index contributed by atoms with van der Waals surface area (Å²) in [6.45, 7) is 0. The van der Waals surface area contributed by atoms with Gasteiger partial charge in [-0.15, -0.1) is 0 Å². The third-order valence-electron chi connectivity index (χ3n) is 0. The summed E-state index contributed by atoms with van der Waals surface area (Å²) in [5, 5.41) is 0. The van der Waals surface area contributed by atoms with Gasteiger partial charge in [0.15, 0.2) is 0 Å². The predicted molar refractivity (Wildman–Crippen MR) is 32.2 cm³/mol. The van der Waals surface area contributed by atoms with Gasteiger partial charge < -0.3 is 0 Å². The van der Waals surface area contributed by atoms with Crippen molar-refractivity contribution >= 4 is 77.4 Å². The van der Waals surface area contributed by atoms with Gasteiger partial charge in [0.05, 0.1) is 0 Å². The van der Waals surface area contributed by atoms with E-state index in [1.54, 1.807) is 0 Å². The normalized spacial score (nSPS) is 2.22. The molecular formula is Al5CrNa2O10. The molecule has 18 heteroatoms. The van der Waals surface area contributed by atoms with Crippen molar-refractivity contribution in [2.45, 2.75) is 0 Å². The third kappa shape index (κ3) is 623. The van der Waals surface area contributed by atoms with Crippen LogP contribution in [0.15, 0.2) is 0 Å². The van der Waals surface area contributed by atoms with Crippen molar-refractivity contribution in [3.05, 3.63) is 0 Å². The van der Waals surface area contributed by atoms with Crippen molar-refractivity contribution in [1.29, 1.82) is 0 Å². The van der Waals surface area contributed by atoms with Crippen LogP contribution in [0.3, 0.4) is 0 Å². The van der Waals surface area contributed by atoms with E-state index in [1.807, 2.05) is 0 Å². The van der Waals surface area contributed by atoms with Crippen LogP contribution in [0.25, 0.3) is 0 Å². The first-order chi connectivity index (χ1) is 7.07. The summed E-state index contributed by atoms with van der Waals surface area (Å²) < 4.78 is 84.6. The van der Waals surface area contributed by atoms with Crippen LogP contribution < -0.4 is 79.9 Å². The summed E-state index contributed by atoms with van der Waals surface area (Å²) in [5.74, 6) is 0. The molecule has 0 atom stereocenters. The minimum absolute atomic E-state index is 0. The molecule has 0 aliphatic carbocycles. The van der Waals surface area contributed by atoms with Gasteiger partial charge in [0.1, 0.15) is 0 Å². The van der Waals surface area contributed by atoms with Crippen molar-refractivity contribution in [3.8, 4) is 0 Å². The first-order valence-corrected chi connectivity index (χ1v) is 7.07. The van der Waals surface area contributed by atoms with Crippen LogP contribution in [0.2, 0.25) is 0 Å². The molecule has 0 spiro atoms. The zero-order valence-corrected chi connectivity index (χ0v) is 20.4. The Labute approximate surface area is 190 Å². The zero-order chi connectivity index (χ0) is 13.5. The van der Waals surface area contributed by atoms with Crippen LogP contribution in [0, 0.1) is 0 Å². The van der Waals surface area contributed by atoms with Gasteiger partial charge in [0.2, 0.25) is 0 Å². The Morgan fingerprint density at radius 2 is 0.444 bits per heavy atom. The van der Waals surface area contributed by atoms with E-state index in [2.05, 4.69) is 0 Å². The van der Waals surface area contributed by atoms with Gasteiger partial charge in [0, 0.05) is 0 Å². The quantitative estimate of drug-likeness (QED) is 0.356. The van der Waals surface area contributed by atoms with Gasteiger partial charge in [-0.2, -0.15) is 0 Å². The van der Waals surface area contributed by atoms with E-state index in [0.29, 0.717) is 0 Å². The van der Waals surface area contributed by atoms with Crippen molar-refractivity contribution < 1.29 is 116 Å². The SMILES string of the molecule is [Cr+3].[Na+].[Na+].[O]=[Al][O-].[O]=[Al][O-].[O]=[Al][O-].[O]=[Al][O-].[O]=[Al][O-]. The van der Waals surface area contributed by atoms with Crippen LogP contribution in [0.5, 0.6) is 0 Å². The Bertz CT molecular complexity index is 101. The molecule has 83 valence electrons. The van der Waals surface area contributed by atoms with Crippen molar-refractivity contribution in [2.75, 3.05) is 0 Å². The Hall–Kier alpha value is 3.19. The number of hydrogen-bond donors (Lipinski definition) is 0. The summed E-state index contributed by atoms with van der Waals surface area (Å²) >= 11 is -8.75. The zero-order valence-electron chi connectivity index (χ0n) is 9.38. The molecule has 0 aliphatic heterocycles. The third-order valence-corrected chi connectivity index (χ3v) is 0. The van der Waals surface area contributed by atoms with Gasteiger partial charge in [0.25, 0.3) is 0 Å². The second-order valence-corrected chi connectivity index (χ2v) is 1.44. The molecule has 0 heterocycles. The molecule has 0 aromatic rings. The van der Waals surface area contributed by atoms with Crippen LogP contribution in [0.4, 0.5) is 0 Å². The fourth-order valence-electron chi connectivity index (χ4n) is 0. The molecule has 0 aliphatic rings. The Kier molecular flexibility index (Phi) is 306. The maximum absolute atomic E-state index is 8.46. The monoisotopic (exact) mass is 393 g/mol. The first-order valence-electron chi connectivity index (χ1n) is 2.36. The second-order valence-electron chi connectivity index (χ2n) is 0.481. The molecule has 0 bridgehead atoms. The molecule has 10 nitrogen and oxygen atoms in total. The molecule has 0 amide bonds. The van der Waals surface area contributed by atoms with Crippen LogP contribution in [-0.2, 0) is 36.4 Å². The maximum atomic E-state index is 8.46. The van der Waals surface area contributed by atoms with Crippen LogP contribution in [0.1, 0.15) is 0 Å².